The molecule has 1 unspecified atom stereocenters. The van der Waals surface area contributed by atoms with Crippen LogP contribution < -0.4 is 0 Å². The van der Waals surface area contributed by atoms with Crippen molar-refractivity contribution in [1.29, 1.82) is 0 Å². The third-order valence-electron chi connectivity index (χ3n) is 4.60. The van der Waals surface area contributed by atoms with Crippen molar-refractivity contribution in [2.75, 3.05) is 18.1 Å². The molecule has 2 aliphatic rings. The van der Waals surface area contributed by atoms with E-state index in [9.17, 15) is 10.2 Å². The van der Waals surface area contributed by atoms with Gasteiger partial charge in [-0.25, -0.2) is 0 Å². The van der Waals surface area contributed by atoms with Crippen LogP contribution in [0, 0.1) is 5.41 Å². The molecule has 1 atom stereocenters. The van der Waals surface area contributed by atoms with E-state index in [0.717, 1.165) is 30.8 Å². The predicted molar refractivity (Wildman–Crippen MR) is 68.7 cm³/mol. The molecule has 16 heavy (non-hydrogen) atoms. The summed E-state index contributed by atoms with van der Waals surface area (Å²) in [6.45, 7) is 0.171. The molecular formula is C13H24O2S. The lowest BCUT2D eigenvalue weighted by Crippen LogP contribution is -2.51. The molecule has 0 aromatic heterocycles. The van der Waals surface area contributed by atoms with Gasteiger partial charge >= 0.3 is 0 Å². The van der Waals surface area contributed by atoms with E-state index in [4.69, 9.17) is 0 Å². The Morgan fingerprint density at radius 2 is 1.56 bits per heavy atom. The van der Waals surface area contributed by atoms with E-state index in [-0.39, 0.29) is 12.0 Å². The van der Waals surface area contributed by atoms with Crippen molar-refractivity contribution in [2.24, 2.45) is 5.41 Å². The first kappa shape index (κ1) is 12.7. The molecule has 0 radical (unpaired) electrons. The largest absolute Gasteiger partial charge is 0.396 e. The number of hydrogen-bond donors (Lipinski definition) is 2. The molecule has 0 aromatic rings. The van der Waals surface area contributed by atoms with Crippen molar-refractivity contribution in [2.45, 2.75) is 57.0 Å². The summed E-state index contributed by atoms with van der Waals surface area (Å²) in [6.07, 6.45) is 9.12. The van der Waals surface area contributed by atoms with E-state index >= 15 is 0 Å². The molecule has 1 heterocycles. The second-order valence-corrected chi connectivity index (χ2v) is 6.65. The fourth-order valence-corrected chi connectivity index (χ4v) is 4.74. The normalized spacial score (nSPS) is 35.6. The topological polar surface area (TPSA) is 40.5 Å². The summed E-state index contributed by atoms with van der Waals surface area (Å²) in [5.74, 6) is 1.88. The van der Waals surface area contributed by atoms with Gasteiger partial charge < -0.3 is 10.2 Å². The zero-order valence-electron chi connectivity index (χ0n) is 10.1. The maximum atomic E-state index is 10.8. The molecule has 2 N–H and O–H groups in total. The Labute approximate surface area is 103 Å². The van der Waals surface area contributed by atoms with Gasteiger partial charge in [-0.3, -0.25) is 0 Å². The Balaban J connectivity index is 2.14. The van der Waals surface area contributed by atoms with Crippen molar-refractivity contribution < 1.29 is 10.2 Å². The second kappa shape index (κ2) is 5.28. The fraction of sp³-hybridized carbons (Fsp3) is 1.00. The van der Waals surface area contributed by atoms with E-state index in [0.29, 0.717) is 0 Å². The van der Waals surface area contributed by atoms with Crippen LogP contribution in [0.15, 0.2) is 0 Å². The summed E-state index contributed by atoms with van der Waals surface area (Å²) in [5, 5.41) is 20.6. The van der Waals surface area contributed by atoms with Crippen LogP contribution in [-0.2, 0) is 0 Å². The van der Waals surface area contributed by atoms with Gasteiger partial charge in [0.1, 0.15) is 0 Å². The standard InChI is InChI=1S/C13H24O2S/c14-10-12(13(15)8-9-16-11-13)6-4-2-1-3-5-7-12/h14-15H,1-11H2. The molecule has 1 saturated heterocycles. The summed E-state index contributed by atoms with van der Waals surface area (Å²) in [5.41, 5.74) is -0.791. The van der Waals surface area contributed by atoms with Gasteiger partial charge in [-0.15, -0.1) is 0 Å². The van der Waals surface area contributed by atoms with Crippen molar-refractivity contribution in [3.63, 3.8) is 0 Å². The monoisotopic (exact) mass is 244 g/mol. The van der Waals surface area contributed by atoms with E-state index in [1.165, 1.54) is 32.1 Å². The van der Waals surface area contributed by atoms with Crippen LogP contribution in [0.25, 0.3) is 0 Å². The summed E-state index contributed by atoms with van der Waals surface area (Å²) >= 11 is 1.84. The van der Waals surface area contributed by atoms with Crippen LogP contribution >= 0.6 is 11.8 Å². The van der Waals surface area contributed by atoms with Crippen LogP contribution in [0.5, 0.6) is 0 Å². The van der Waals surface area contributed by atoms with E-state index in [1.807, 2.05) is 11.8 Å². The molecule has 0 amide bonds. The van der Waals surface area contributed by atoms with Gasteiger partial charge in [-0.2, -0.15) is 11.8 Å². The van der Waals surface area contributed by atoms with Crippen molar-refractivity contribution in [3.05, 3.63) is 0 Å². The molecular weight excluding hydrogens is 220 g/mol. The van der Waals surface area contributed by atoms with E-state index < -0.39 is 5.60 Å². The summed E-state index contributed by atoms with van der Waals surface area (Å²) < 4.78 is 0. The minimum Gasteiger partial charge on any atom is -0.396 e. The summed E-state index contributed by atoms with van der Waals surface area (Å²) in [7, 11) is 0. The molecule has 1 aliphatic heterocycles. The van der Waals surface area contributed by atoms with Crippen molar-refractivity contribution >= 4 is 11.8 Å². The lowest BCUT2D eigenvalue weighted by atomic mass is 9.65. The predicted octanol–water partition coefficient (Wildman–Crippen LogP) is 2.58. The first-order valence-corrected chi connectivity index (χ1v) is 7.79. The highest BCUT2D eigenvalue weighted by Crippen LogP contribution is 2.49. The molecule has 0 bridgehead atoms. The van der Waals surface area contributed by atoms with Gasteiger partial charge in [0, 0.05) is 11.2 Å². The molecule has 2 rings (SSSR count). The zero-order chi connectivity index (χ0) is 11.5. The van der Waals surface area contributed by atoms with Crippen LogP contribution in [-0.4, -0.2) is 33.9 Å². The van der Waals surface area contributed by atoms with Gasteiger partial charge in [0.2, 0.25) is 0 Å². The van der Waals surface area contributed by atoms with Crippen LogP contribution in [0.1, 0.15) is 51.4 Å². The quantitative estimate of drug-likeness (QED) is 0.784. The Kier molecular flexibility index (Phi) is 4.20. The number of hydrogen-bond acceptors (Lipinski definition) is 3. The van der Waals surface area contributed by atoms with E-state index in [1.54, 1.807) is 0 Å². The average Bonchev–Trinajstić information content (AvgIpc) is 2.67. The Bertz CT molecular complexity index is 216. The maximum absolute atomic E-state index is 10.8. The van der Waals surface area contributed by atoms with Crippen molar-refractivity contribution in [3.8, 4) is 0 Å². The summed E-state index contributed by atoms with van der Waals surface area (Å²) in [4.78, 5) is 0. The van der Waals surface area contributed by atoms with Gasteiger partial charge in [0.15, 0.2) is 0 Å². The SMILES string of the molecule is OCC1(C2(O)CCSC2)CCCCCCC1. The molecule has 1 aliphatic carbocycles. The average molecular weight is 244 g/mol. The zero-order valence-corrected chi connectivity index (χ0v) is 10.9. The van der Waals surface area contributed by atoms with E-state index in [2.05, 4.69) is 0 Å². The molecule has 2 nitrogen and oxygen atoms in total. The number of rotatable bonds is 2. The summed E-state index contributed by atoms with van der Waals surface area (Å²) in [6, 6.07) is 0. The Morgan fingerprint density at radius 1 is 0.938 bits per heavy atom. The molecule has 0 spiro atoms. The third-order valence-corrected chi connectivity index (χ3v) is 5.78. The number of thioether (sulfide) groups is 1. The number of aliphatic hydroxyl groups excluding tert-OH is 1. The first-order valence-electron chi connectivity index (χ1n) is 6.63. The van der Waals surface area contributed by atoms with Gasteiger partial charge in [-0.05, 0) is 25.0 Å². The Morgan fingerprint density at radius 3 is 2.06 bits per heavy atom. The Hall–Kier alpha value is 0.270. The fourth-order valence-electron chi connectivity index (χ4n) is 3.33. The van der Waals surface area contributed by atoms with Gasteiger partial charge in [0.25, 0.3) is 0 Å². The lowest BCUT2D eigenvalue weighted by molar-refractivity contribution is -0.105. The highest BCUT2D eigenvalue weighted by Gasteiger charge is 2.50. The molecule has 2 fully saturated rings. The molecule has 1 saturated carbocycles. The lowest BCUT2D eigenvalue weighted by Gasteiger charge is -2.45. The van der Waals surface area contributed by atoms with Gasteiger partial charge in [-0.1, -0.05) is 32.1 Å². The van der Waals surface area contributed by atoms with Gasteiger partial charge in [0.05, 0.1) is 12.2 Å². The molecule has 0 aromatic carbocycles. The van der Waals surface area contributed by atoms with Crippen LogP contribution in [0.4, 0.5) is 0 Å². The highest BCUT2D eigenvalue weighted by molar-refractivity contribution is 7.99. The highest BCUT2D eigenvalue weighted by atomic mass is 32.2. The first-order chi connectivity index (χ1) is 7.72. The smallest absolute Gasteiger partial charge is 0.0823 e. The van der Waals surface area contributed by atoms with Crippen molar-refractivity contribution in [1.82, 2.24) is 0 Å². The number of aliphatic hydroxyl groups is 2. The second-order valence-electron chi connectivity index (χ2n) is 5.54. The minimum absolute atomic E-state index is 0.171. The molecule has 3 heteroatoms. The minimum atomic E-state index is -0.593. The maximum Gasteiger partial charge on any atom is 0.0823 e. The van der Waals surface area contributed by atoms with Crippen LogP contribution in [0.2, 0.25) is 0 Å². The van der Waals surface area contributed by atoms with Crippen LogP contribution in [0.3, 0.4) is 0 Å². The molecule has 94 valence electrons. The third kappa shape index (κ3) is 2.27.